The van der Waals surface area contributed by atoms with E-state index in [1.807, 2.05) is 26.0 Å². The molecule has 0 unspecified atom stereocenters. The van der Waals surface area contributed by atoms with Gasteiger partial charge in [0.15, 0.2) is 0 Å². The highest BCUT2D eigenvalue weighted by Gasteiger charge is 2.32. The van der Waals surface area contributed by atoms with E-state index in [2.05, 4.69) is 16.1 Å². The summed E-state index contributed by atoms with van der Waals surface area (Å²) < 4.78 is 41.6. The molecule has 1 radical (unpaired) electrons. The number of hydrogen-bond donors (Lipinski definition) is 1. The maximum Gasteiger partial charge on any atom is 0.573 e. The Kier molecular flexibility index (Phi) is 4.96. The Morgan fingerprint density at radius 3 is 2.55 bits per heavy atom. The number of benzene rings is 2. The van der Waals surface area contributed by atoms with Gasteiger partial charge in [-0.05, 0) is 23.6 Å². The van der Waals surface area contributed by atoms with E-state index in [0.29, 0.717) is 5.56 Å². The van der Waals surface area contributed by atoms with E-state index < -0.39 is 6.36 Å². The Labute approximate surface area is 127 Å². The third-order valence-corrected chi connectivity index (χ3v) is 3.16. The lowest BCUT2D eigenvalue weighted by molar-refractivity contribution is -0.274. The second-order valence-electron chi connectivity index (χ2n) is 5.20. The number of alkyl halides is 3. The molecule has 2 nitrogen and oxygen atoms in total. The third-order valence-electron chi connectivity index (χ3n) is 3.16. The van der Waals surface area contributed by atoms with E-state index in [1.54, 1.807) is 24.3 Å². The van der Waals surface area contributed by atoms with Crippen LogP contribution in [-0.4, -0.2) is 6.36 Å². The van der Waals surface area contributed by atoms with E-state index in [0.717, 1.165) is 11.3 Å². The first kappa shape index (κ1) is 16.2. The van der Waals surface area contributed by atoms with Crippen molar-refractivity contribution in [2.75, 3.05) is 5.32 Å². The van der Waals surface area contributed by atoms with Crippen LogP contribution in [0.15, 0.2) is 42.5 Å². The van der Waals surface area contributed by atoms with Crippen LogP contribution in [0.2, 0.25) is 0 Å². The van der Waals surface area contributed by atoms with E-state index in [9.17, 15) is 13.2 Å². The van der Waals surface area contributed by atoms with Gasteiger partial charge in [-0.25, -0.2) is 0 Å². The molecule has 0 aliphatic heterocycles. The molecule has 2 aromatic carbocycles. The van der Waals surface area contributed by atoms with Crippen molar-refractivity contribution in [3.8, 4) is 5.75 Å². The Hall–Kier alpha value is -2.17. The van der Waals surface area contributed by atoms with Gasteiger partial charge in [0.2, 0.25) is 0 Å². The van der Waals surface area contributed by atoms with E-state index in [-0.39, 0.29) is 18.2 Å². The molecule has 117 valence electrons. The van der Waals surface area contributed by atoms with Crippen molar-refractivity contribution in [2.45, 2.75) is 32.7 Å². The Balaban J connectivity index is 2.23. The number of ether oxygens (including phenoxy) is 1. The standard InChI is InChI=1S/C17H17F3NO/c1-12(2)13-8-9-16(22-17(18,19)20)14(10-13)11-21-15-6-4-3-5-7-15/h3-6,8-10,12,21H,11H2,1-2H3. The van der Waals surface area contributed by atoms with Gasteiger partial charge in [-0.15, -0.1) is 13.2 Å². The second kappa shape index (κ2) is 6.73. The van der Waals surface area contributed by atoms with Gasteiger partial charge in [0.25, 0.3) is 0 Å². The SMILES string of the molecule is CC(C)c1ccc(OC(F)(F)F)c(CNc2[c]cccc2)c1. The maximum atomic E-state index is 12.5. The van der Waals surface area contributed by atoms with Gasteiger partial charge in [-0.2, -0.15) is 0 Å². The summed E-state index contributed by atoms with van der Waals surface area (Å²) in [5.41, 5.74) is 2.14. The van der Waals surface area contributed by atoms with Crippen molar-refractivity contribution in [3.63, 3.8) is 0 Å². The van der Waals surface area contributed by atoms with Crippen LogP contribution in [0.1, 0.15) is 30.9 Å². The Bertz CT molecular complexity index is 609. The normalized spacial score (nSPS) is 11.5. The van der Waals surface area contributed by atoms with Crippen LogP contribution in [-0.2, 0) is 6.54 Å². The number of para-hydroxylation sites is 1. The number of hydrogen-bond acceptors (Lipinski definition) is 2. The van der Waals surface area contributed by atoms with Crippen molar-refractivity contribution in [3.05, 3.63) is 59.7 Å². The molecular formula is C17H17F3NO. The summed E-state index contributed by atoms with van der Waals surface area (Å²) >= 11 is 0. The highest BCUT2D eigenvalue weighted by Crippen LogP contribution is 2.29. The molecule has 2 rings (SSSR count). The number of halogens is 3. The molecule has 0 heterocycles. The van der Waals surface area contributed by atoms with Gasteiger partial charge in [-0.1, -0.05) is 44.2 Å². The quantitative estimate of drug-likeness (QED) is 0.827. The number of nitrogens with one attached hydrogen (secondary N) is 1. The van der Waals surface area contributed by atoms with Crippen molar-refractivity contribution in [1.29, 1.82) is 0 Å². The minimum Gasteiger partial charge on any atom is -0.405 e. The third kappa shape index (κ3) is 4.69. The summed E-state index contributed by atoms with van der Waals surface area (Å²) in [6.07, 6.45) is -4.70. The lowest BCUT2D eigenvalue weighted by Crippen LogP contribution is -2.18. The van der Waals surface area contributed by atoms with Crippen LogP contribution < -0.4 is 10.1 Å². The Morgan fingerprint density at radius 2 is 1.95 bits per heavy atom. The fourth-order valence-electron chi connectivity index (χ4n) is 2.01. The van der Waals surface area contributed by atoms with Crippen LogP contribution in [0.5, 0.6) is 5.75 Å². The van der Waals surface area contributed by atoms with Crippen LogP contribution >= 0.6 is 0 Å². The maximum absolute atomic E-state index is 12.5. The fraction of sp³-hybridized carbons (Fsp3) is 0.294. The summed E-state index contributed by atoms with van der Waals surface area (Å²) in [7, 11) is 0. The van der Waals surface area contributed by atoms with Gasteiger partial charge in [0, 0.05) is 23.9 Å². The average molecular weight is 308 g/mol. The monoisotopic (exact) mass is 308 g/mol. The predicted octanol–water partition coefficient (Wildman–Crippen LogP) is 5.12. The van der Waals surface area contributed by atoms with Crippen LogP contribution in [0.25, 0.3) is 0 Å². The molecule has 0 aliphatic carbocycles. The van der Waals surface area contributed by atoms with Crippen LogP contribution in [0.4, 0.5) is 18.9 Å². The summed E-state index contributed by atoms with van der Waals surface area (Å²) in [5.74, 6) is 0.0438. The van der Waals surface area contributed by atoms with Crippen molar-refractivity contribution in [1.82, 2.24) is 0 Å². The van der Waals surface area contributed by atoms with Crippen molar-refractivity contribution in [2.24, 2.45) is 0 Å². The molecule has 1 N–H and O–H groups in total. The first-order valence-corrected chi connectivity index (χ1v) is 6.94. The highest BCUT2D eigenvalue weighted by molar-refractivity contribution is 5.45. The van der Waals surface area contributed by atoms with E-state index in [4.69, 9.17) is 0 Å². The molecule has 0 saturated heterocycles. The fourth-order valence-corrected chi connectivity index (χ4v) is 2.01. The molecular weight excluding hydrogens is 291 g/mol. The predicted molar refractivity (Wildman–Crippen MR) is 79.8 cm³/mol. The molecule has 0 aliphatic rings. The first-order valence-electron chi connectivity index (χ1n) is 6.94. The van der Waals surface area contributed by atoms with Gasteiger partial charge < -0.3 is 10.1 Å². The molecule has 0 fully saturated rings. The molecule has 0 aromatic heterocycles. The smallest absolute Gasteiger partial charge is 0.405 e. The first-order chi connectivity index (χ1) is 10.3. The lowest BCUT2D eigenvalue weighted by Gasteiger charge is -2.16. The van der Waals surface area contributed by atoms with Crippen LogP contribution in [0, 0.1) is 6.07 Å². The second-order valence-corrected chi connectivity index (χ2v) is 5.20. The molecule has 5 heteroatoms. The summed E-state index contributed by atoms with van der Waals surface area (Å²) in [6, 6.07) is 14.9. The van der Waals surface area contributed by atoms with Gasteiger partial charge in [0.1, 0.15) is 5.75 Å². The minimum atomic E-state index is -4.70. The largest absolute Gasteiger partial charge is 0.573 e. The minimum absolute atomic E-state index is 0.180. The molecule has 22 heavy (non-hydrogen) atoms. The average Bonchev–Trinajstić information content (AvgIpc) is 2.45. The molecule has 0 saturated carbocycles. The summed E-state index contributed by atoms with van der Waals surface area (Å²) in [5, 5.41) is 3.05. The summed E-state index contributed by atoms with van der Waals surface area (Å²) in [6.45, 7) is 4.20. The number of anilines is 1. The van der Waals surface area contributed by atoms with E-state index in [1.165, 1.54) is 6.07 Å². The van der Waals surface area contributed by atoms with Gasteiger partial charge in [-0.3, -0.25) is 0 Å². The molecule has 2 aromatic rings. The zero-order valence-electron chi connectivity index (χ0n) is 12.4. The Morgan fingerprint density at radius 1 is 1.18 bits per heavy atom. The summed E-state index contributed by atoms with van der Waals surface area (Å²) in [4.78, 5) is 0. The lowest BCUT2D eigenvalue weighted by atomic mass is 10.00. The van der Waals surface area contributed by atoms with Crippen LogP contribution in [0.3, 0.4) is 0 Å². The zero-order valence-corrected chi connectivity index (χ0v) is 12.4. The molecule has 0 amide bonds. The van der Waals surface area contributed by atoms with Crippen molar-refractivity contribution < 1.29 is 17.9 Å². The van der Waals surface area contributed by atoms with Crippen molar-refractivity contribution >= 4 is 5.69 Å². The zero-order chi connectivity index (χ0) is 16.2. The molecule has 0 atom stereocenters. The van der Waals surface area contributed by atoms with Gasteiger partial charge >= 0.3 is 6.36 Å². The van der Waals surface area contributed by atoms with E-state index >= 15 is 0 Å². The highest BCUT2D eigenvalue weighted by atomic mass is 19.4. The molecule has 0 spiro atoms. The van der Waals surface area contributed by atoms with Gasteiger partial charge in [0.05, 0.1) is 0 Å². The topological polar surface area (TPSA) is 21.3 Å². The molecule has 0 bridgehead atoms. The number of rotatable bonds is 5.